The van der Waals surface area contributed by atoms with Crippen molar-refractivity contribution >= 4 is 5.97 Å². The molecule has 0 radical (unpaired) electrons. The Labute approximate surface area is 75.2 Å². The Hall–Kier alpha value is -2.02. The fraction of sp³-hybridized carbons (Fsp3) is 0.111. The second-order valence-corrected chi connectivity index (χ2v) is 2.14. The summed E-state index contributed by atoms with van der Waals surface area (Å²) in [6.45, 7) is 0. The first-order valence-electron chi connectivity index (χ1n) is 3.47. The van der Waals surface area contributed by atoms with Gasteiger partial charge in [-0.2, -0.15) is 0 Å². The fourth-order valence-corrected chi connectivity index (χ4v) is 0.626. The normalized spacial score (nSPS) is 8.38. The average molecular weight is 177 g/mol. The first kappa shape index (κ1) is 9.07. The maximum absolute atomic E-state index is 10.6. The van der Waals surface area contributed by atoms with E-state index >= 15 is 0 Å². The van der Waals surface area contributed by atoms with E-state index in [1.165, 1.54) is 25.4 Å². The maximum atomic E-state index is 10.6. The zero-order valence-electron chi connectivity index (χ0n) is 6.94. The number of carbonyl (C=O) groups excluding carboxylic acids is 1. The van der Waals surface area contributed by atoms with E-state index in [2.05, 4.69) is 21.6 Å². The Bertz CT molecular complexity index is 359. The lowest BCUT2D eigenvalue weighted by Crippen LogP contribution is -1.94. The van der Waals surface area contributed by atoms with Gasteiger partial charge in [0.25, 0.3) is 0 Å². The van der Waals surface area contributed by atoms with Gasteiger partial charge in [0.15, 0.2) is 0 Å². The number of hydrogen-bond acceptors (Lipinski definition) is 4. The number of carbonyl (C=O) groups is 1. The molecule has 1 N–H and O–H groups in total. The number of esters is 1. The van der Waals surface area contributed by atoms with Gasteiger partial charge in [0.05, 0.1) is 13.3 Å². The molecule has 0 saturated carbocycles. The van der Waals surface area contributed by atoms with Gasteiger partial charge < -0.3 is 9.84 Å². The van der Waals surface area contributed by atoms with Crippen LogP contribution in [0.3, 0.4) is 0 Å². The molecule has 1 rings (SSSR count). The molecule has 0 aliphatic rings. The highest BCUT2D eigenvalue weighted by Crippen LogP contribution is 2.04. The van der Waals surface area contributed by atoms with E-state index in [4.69, 9.17) is 5.11 Å². The lowest BCUT2D eigenvalue weighted by atomic mass is 10.3. The van der Waals surface area contributed by atoms with E-state index in [1.54, 1.807) is 0 Å². The molecular formula is C9H7NO3. The van der Waals surface area contributed by atoms with E-state index in [1.807, 2.05) is 0 Å². The highest BCUT2D eigenvalue weighted by Gasteiger charge is 1.92. The van der Waals surface area contributed by atoms with Crippen molar-refractivity contribution < 1.29 is 14.6 Å². The van der Waals surface area contributed by atoms with Crippen LogP contribution in [0.5, 0.6) is 5.75 Å². The number of hydrogen-bond donors (Lipinski definition) is 1. The standard InChI is InChI=1S/C9H7NO3/c1-13-9(12)5-3-7-2-4-8(11)6-10-7/h2,4,6,11H,1H3. The molecule has 1 aromatic rings. The van der Waals surface area contributed by atoms with Gasteiger partial charge in [-0.1, -0.05) is 0 Å². The summed E-state index contributed by atoms with van der Waals surface area (Å²) in [7, 11) is 1.25. The molecule has 0 aliphatic carbocycles. The summed E-state index contributed by atoms with van der Waals surface area (Å²) in [5, 5.41) is 8.88. The third-order valence-corrected chi connectivity index (χ3v) is 1.23. The molecule has 0 fully saturated rings. The summed E-state index contributed by atoms with van der Waals surface area (Å²) in [6, 6.07) is 2.94. The Morgan fingerprint density at radius 2 is 2.38 bits per heavy atom. The van der Waals surface area contributed by atoms with Crippen LogP contribution in [0, 0.1) is 11.8 Å². The largest absolute Gasteiger partial charge is 0.506 e. The van der Waals surface area contributed by atoms with E-state index in [-0.39, 0.29) is 5.75 Å². The molecule has 1 aromatic heterocycles. The summed E-state index contributed by atoms with van der Waals surface area (Å²) < 4.78 is 4.31. The van der Waals surface area contributed by atoms with E-state index < -0.39 is 5.97 Å². The highest BCUT2D eigenvalue weighted by molar-refractivity contribution is 5.88. The molecule has 0 amide bonds. The van der Waals surface area contributed by atoms with Crippen LogP contribution in [0.25, 0.3) is 0 Å². The van der Waals surface area contributed by atoms with Crippen molar-refractivity contribution in [1.82, 2.24) is 4.98 Å². The minimum atomic E-state index is -0.616. The average Bonchev–Trinajstić information content (AvgIpc) is 2.16. The summed E-state index contributed by atoms with van der Waals surface area (Å²) >= 11 is 0. The summed E-state index contributed by atoms with van der Waals surface area (Å²) in [5.41, 5.74) is 0.406. The van der Waals surface area contributed by atoms with Crippen LogP contribution in [-0.4, -0.2) is 23.2 Å². The highest BCUT2D eigenvalue weighted by atomic mass is 16.5. The number of ether oxygens (including phenoxy) is 1. The predicted octanol–water partition coefficient (Wildman–Crippen LogP) is 0.312. The second-order valence-electron chi connectivity index (χ2n) is 2.14. The maximum Gasteiger partial charge on any atom is 0.384 e. The number of nitrogens with zero attached hydrogens (tertiary/aromatic N) is 1. The number of aromatic nitrogens is 1. The topological polar surface area (TPSA) is 59.4 Å². The van der Waals surface area contributed by atoms with Crippen molar-refractivity contribution in [2.24, 2.45) is 0 Å². The molecular weight excluding hydrogens is 170 g/mol. The van der Waals surface area contributed by atoms with Crippen LogP contribution in [0.15, 0.2) is 18.3 Å². The van der Waals surface area contributed by atoms with Crippen LogP contribution in [0.4, 0.5) is 0 Å². The molecule has 4 heteroatoms. The van der Waals surface area contributed by atoms with E-state index in [9.17, 15) is 4.79 Å². The Morgan fingerprint density at radius 3 is 2.92 bits per heavy atom. The third-order valence-electron chi connectivity index (χ3n) is 1.23. The van der Waals surface area contributed by atoms with Crippen molar-refractivity contribution in [3.63, 3.8) is 0 Å². The zero-order chi connectivity index (χ0) is 9.68. The van der Waals surface area contributed by atoms with Crippen LogP contribution < -0.4 is 0 Å². The third kappa shape index (κ3) is 2.83. The predicted molar refractivity (Wildman–Crippen MR) is 44.8 cm³/mol. The lowest BCUT2D eigenvalue weighted by molar-refractivity contribution is -0.133. The van der Waals surface area contributed by atoms with Crippen molar-refractivity contribution in [3.05, 3.63) is 24.0 Å². The molecule has 0 bridgehead atoms. The molecule has 0 unspecified atom stereocenters. The van der Waals surface area contributed by atoms with Crippen molar-refractivity contribution in [2.75, 3.05) is 7.11 Å². The SMILES string of the molecule is COC(=O)C#Cc1ccc(O)cn1. The Kier molecular flexibility index (Phi) is 2.87. The Balaban J connectivity index is 2.78. The number of pyridine rings is 1. The minimum Gasteiger partial charge on any atom is -0.506 e. The van der Waals surface area contributed by atoms with Gasteiger partial charge in [0.2, 0.25) is 0 Å². The molecule has 0 aromatic carbocycles. The summed E-state index contributed by atoms with van der Waals surface area (Å²) in [4.78, 5) is 14.3. The van der Waals surface area contributed by atoms with Crippen LogP contribution in [-0.2, 0) is 9.53 Å². The van der Waals surface area contributed by atoms with Crippen LogP contribution in [0.2, 0.25) is 0 Å². The van der Waals surface area contributed by atoms with Crippen molar-refractivity contribution in [1.29, 1.82) is 0 Å². The summed E-state index contributed by atoms with van der Waals surface area (Å²) in [6.07, 6.45) is 1.25. The van der Waals surface area contributed by atoms with Crippen molar-refractivity contribution in [2.45, 2.75) is 0 Å². The molecule has 0 spiro atoms. The minimum absolute atomic E-state index is 0.0589. The van der Waals surface area contributed by atoms with Gasteiger partial charge in [-0.25, -0.2) is 9.78 Å². The first-order chi connectivity index (χ1) is 6.22. The second kappa shape index (κ2) is 4.12. The first-order valence-corrected chi connectivity index (χ1v) is 3.47. The molecule has 0 saturated heterocycles. The number of aromatic hydroxyl groups is 1. The fourth-order valence-electron chi connectivity index (χ4n) is 0.626. The van der Waals surface area contributed by atoms with Crippen LogP contribution in [0.1, 0.15) is 5.69 Å². The quantitative estimate of drug-likeness (QED) is 0.457. The molecule has 0 aliphatic heterocycles. The number of rotatable bonds is 0. The Morgan fingerprint density at radius 1 is 1.62 bits per heavy atom. The smallest absolute Gasteiger partial charge is 0.384 e. The molecule has 0 atom stereocenters. The van der Waals surface area contributed by atoms with Gasteiger partial charge in [-0.3, -0.25) is 0 Å². The molecule has 13 heavy (non-hydrogen) atoms. The van der Waals surface area contributed by atoms with Gasteiger partial charge in [0.1, 0.15) is 11.4 Å². The van der Waals surface area contributed by atoms with Crippen LogP contribution >= 0.6 is 0 Å². The van der Waals surface area contributed by atoms with Gasteiger partial charge in [-0.15, -0.1) is 0 Å². The van der Waals surface area contributed by atoms with E-state index in [0.29, 0.717) is 5.69 Å². The summed E-state index contributed by atoms with van der Waals surface area (Å²) in [5.74, 6) is 4.13. The number of methoxy groups -OCH3 is 1. The van der Waals surface area contributed by atoms with Gasteiger partial charge >= 0.3 is 5.97 Å². The lowest BCUT2D eigenvalue weighted by Gasteiger charge is -1.89. The monoisotopic (exact) mass is 177 g/mol. The van der Waals surface area contributed by atoms with Crippen molar-refractivity contribution in [3.8, 4) is 17.6 Å². The van der Waals surface area contributed by atoms with E-state index in [0.717, 1.165) is 0 Å². The van der Waals surface area contributed by atoms with Gasteiger partial charge in [-0.05, 0) is 18.1 Å². The molecule has 66 valence electrons. The zero-order valence-corrected chi connectivity index (χ0v) is 6.94. The van der Waals surface area contributed by atoms with Gasteiger partial charge in [0, 0.05) is 5.92 Å². The molecule has 4 nitrogen and oxygen atoms in total. The molecule has 1 heterocycles.